The second-order valence-electron chi connectivity index (χ2n) is 9.58. The molecule has 0 aliphatic rings. The highest BCUT2D eigenvalue weighted by molar-refractivity contribution is 5.94. The van der Waals surface area contributed by atoms with Crippen molar-refractivity contribution in [3.05, 3.63) is 53.5 Å². The number of carboxylic acids is 1. The Morgan fingerprint density at radius 1 is 1.17 bits per heavy atom. The van der Waals surface area contributed by atoms with E-state index in [0.29, 0.717) is 28.1 Å². The third kappa shape index (κ3) is 7.55. The monoisotopic (exact) mass is 416 g/mol. The van der Waals surface area contributed by atoms with Gasteiger partial charge in [-0.25, -0.2) is 0 Å². The fraction of sp³-hybridized carbons (Fsp3) is 0.478. The highest BCUT2D eigenvalue weighted by Crippen LogP contribution is 2.24. The Balaban J connectivity index is 1.96. The molecule has 0 radical (unpaired) electrons. The van der Waals surface area contributed by atoms with Crippen LogP contribution in [0.2, 0.25) is 0 Å². The molecule has 1 amide bonds. The number of quaternary nitrogens is 1. The molecule has 0 fully saturated rings. The summed E-state index contributed by atoms with van der Waals surface area (Å²) in [4.78, 5) is 23.5. The first kappa shape index (κ1) is 23.5. The topological polar surface area (TPSA) is 91.6 Å². The van der Waals surface area contributed by atoms with Crippen molar-refractivity contribution >= 4 is 11.9 Å². The van der Waals surface area contributed by atoms with Gasteiger partial charge in [0.15, 0.2) is 0 Å². The van der Waals surface area contributed by atoms with Crippen molar-refractivity contribution in [2.45, 2.75) is 45.3 Å². The van der Waals surface area contributed by atoms with Gasteiger partial charge in [-0.3, -0.25) is 4.79 Å². The predicted molar refractivity (Wildman–Crippen MR) is 112 cm³/mol. The predicted octanol–water partition coefficient (Wildman–Crippen LogP) is 2.10. The van der Waals surface area contributed by atoms with Gasteiger partial charge in [-0.15, -0.1) is 0 Å². The van der Waals surface area contributed by atoms with E-state index in [-0.39, 0.29) is 24.3 Å². The van der Waals surface area contributed by atoms with Gasteiger partial charge < -0.3 is 28.9 Å². The van der Waals surface area contributed by atoms with E-state index in [1.54, 1.807) is 6.07 Å². The number of aliphatic carboxylic acids is 1. The number of benzene rings is 1. The van der Waals surface area contributed by atoms with Gasteiger partial charge in [0.05, 0.1) is 39.3 Å². The summed E-state index contributed by atoms with van der Waals surface area (Å²) >= 11 is 0. The quantitative estimate of drug-likeness (QED) is 0.632. The summed E-state index contributed by atoms with van der Waals surface area (Å²) in [6, 6.07) is 8.93. The van der Waals surface area contributed by atoms with Crippen molar-refractivity contribution in [2.24, 2.45) is 0 Å². The van der Waals surface area contributed by atoms with E-state index in [0.717, 1.165) is 0 Å². The van der Waals surface area contributed by atoms with Crippen molar-refractivity contribution in [3.8, 4) is 5.75 Å². The van der Waals surface area contributed by atoms with Crippen molar-refractivity contribution in [3.63, 3.8) is 0 Å². The van der Waals surface area contributed by atoms with Crippen LogP contribution in [0.4, 0.5) is 0 Å². The Hall–Kier alpha value is -2.80. The van der Waals surface area contributed by atoms with Crippen LogP contribution in [-0.4, -0.2) is 50.1 Å². The maximum atomic E-state index is 12.5. The number of carboxylic acid groups (broad SMARTS) is 1. The van der Waals surface area contributed by atoms with Crippen LogP contribution in [0.5, 0.6) is 5.75 Å². The van der Waals surface area contributed by atoms with Gasteiger partial charge in [-0.2, -0.15) is 0 Å². The van der Waals surface area contributed by atoms with Gasteiger partial charge in [0.25, 0.3) is 5.91 Å². The van der Waals surface area contributed by atoms with Gasteiger partial charge in [0.2, 0.25) is 0 Å². The molecule has 0 aliphatic carbocycles. The number of furan rings is 1. The number of nitrogens with zero attached hydrogens (tertiary/aromatic N) is 1. The lowest BCUT2D eigenvalue weighted by Crippen LogP contribution is -2.50. The van der Waals surface area contributed by atoms with Crippen molar-refractivity contribution in [1.82, 2.24) is 5.32 Å². The van der Waals surface area contributed by atoms with Gasteiger partial charge in [-0.1, -0.05) is 32.9 Å². The smallest absolute Gasteiger partial charge is 0.254 e. The number of hydrogen-bond donors (Lipinski definition) is 1. The molecule has 7 heteroatoms. The van der Waals surface area contributed by atoms with Crippen molar-refractivity contribution < 1.29 is 28.3 Å². The summed E-state index contributed by atoms with van der Waals surface area (Å²) in [6.45, 7) is 7.09. The number of carbonyl (C=O) groups excluding carboxylic acids is 2. The molecular weight excluding hydrogens is 384 g/mol. The molecule has 0 saturated carbocycles. The van der Waals surface area contributed by atoms with E-state index in [4.69, 9.17) is 9.15 Å². The number of carbonyl (C=O) groups is 2. The van der Waals surface area contributed by atoms with Crippen LogP contribution in [-0.2, 0) is 16.8 Å². The first-order chi connectivity index (χ1) is 13.8. The highest BCUT2D eigenvalue weighted by Gasteiger charge is 2.22. The SMILES string of the molecule is CC(C)(C)c1ccc(OCc2cc(C(=O)N[C@H](CC(=O)[O-])C[N+](C)(C)C)co2)cc1. The van der Waals surface area contributed by atoms with Crippen LogP contribution < -0.4 is 15.2 Å². The second-order valence-corrected chi connectivity index (χ2v) is 9.58. The molecule has 0 aliphatic heterocycles. The molecule has 30 heavy (non-hydrogen) atoms. The largest absolute Gasteiger partial charge is 0.550 e. The maximum absolute atomic E-state index is 12.5. The van der Waals surface area contributed by atoms with Gasteiger partial charge in [0, 0.05) is 12.4 Å². The maximum Gasteiger partial charge on any atom is 0.254 e. The molecule has 0 bridgehead atoms. The number of amides is 1. The standard InChI is InChI=1S/C23H32N2O5/c1-23(2,3)17-7-9-19(10-8-17)30-15-20-11-16(14-29-20)22(28)24-18(12-21(26)27)13-25(4,5)6/h7-11,14,18H,12-13,15H2,1-6H3,(H-,24,26,27,28)/t18-/m1/s1. The lowest BCUT2D eigenvalue weighted by atomic mass is 9.87. The van der Waals surface area contributed by atoms with E-state index in [9.17, 15) is 14.7 Å². The third-order valence-corrected chi connectivity index (χ3v) is 4.53. The molecule has 0 saturated heterocycles. The molecule has 0 unspecified atom stereocenters. The minimum absolute atomic E-state index is 0.0717. The summed E-state index contributed by atoms with van der Waals surface area (Å²) in [5.74, 6) is -0.378. The molecule has 1 heterocycles. The molecule has 7 nitrogen and oxygen atoms in total. The van der Waals surface area contributed by atoms with Gasteiger partial charge in [0.1, 0.15) is 24.4 Å². The normalized spacial score (nSPS) is 13.0. The van der Waals surface area contributed by atoms with Crippen molar-refractivity contribution in [1.29, 1.82) is 0 Å². The number of likely N-dealkylation sites (N-methyl/N-ethyl adjacent to an activating group) is 1. The Labute approximate surface area is 178 Å². The zero-order valence-corrected chi connectivity index (χ0v) is 18.7. The lowest BCUT2D eigenvalue weighted by Gasteiger charge is -2.29. The van der Waals surface area contributed by atoms with E-state index < -0.39 is 12.0 Å². The van der Waals surface area contributed by atoms with Crippen LogP contribution >= 0.6 is 0 Å². The Morgan fingerprint density at radius 3 is 2.33 bits per heavy atom. The molecule has 2 aromatic rings. The Kier molecular flexibility index (Phi) is 7.31. The van der Waals surface area contributed by atoms with Gasteiger partial charge >= 0.3 is 0 Å². The zero-order chi connectivity index (χ0) is 22.5. The molecule has 1 aromatic carbocycles. The van der Waals surface area contributed by atoms with Crippen molar-refractivity contribution in [2.75, 3.05) is 27.7 Å². The van der Waals surface area contributed by atoms with Crippen LogP contribution in [0.1, 0.15) is 48.9 Å². The minimum Gasteiger partial charge on any atom is -0.550 e. The number of nitrogens with one attached hydrogen (secondary N) is 1. The zero-order valence-electron chi connectivity index (χ0n) is 18.7. The minimum atomic E-state index is -1.20. The van der Waals surface area contributed by atoms with E-state index >= 15 is 0 Å². The fourth-order valence-corrected chi connectivity index (χ4v) is 3.07. The van der Waals surface area contributed by atoms with E-state index in [2.05, 4.69) is 26.1 Å². The molecular formula is C23H32N2O5. The summed E-state index contributed by atoms with van der Waals surface area (Å²) in [5, 5.41) is 13.8. The van der Waals surface area contributed by atoms with Crippen LogP contribution in [0.25, 0.3) is 0 Å². The number of rotatable bonds is 9. The summed E-state index contributed by atoms with van der Waals surface area (Å²) in [5.41, 5.74) is 1.61. The lowest BCUT2D eigenvalue weighted by molar-refractivity contribution is -0.871. The molecule has 1 aromatic heterocycles. The van der Waals surface area contributed by atoms with E-state index in [1.165, 1.54) is 11.8 Å². The molecule has 0 spiro atoms. The molecule has 1 atom stereocenters. The molecule has 164 valence electrons. The summed E-state index contributed by atoms with van der Waals surface area (Å²) in [6.07, 6.45) is 1.10. The average Bonchev–Trinajstić information content (AvgIpc) is 3.06. The average molecular weight is 417 g/mol. The molecule has 1 N–H and O–H groups in total. The third-order valence-electron chi connectivity index (χ3n) is 4.53. The number of ether oxygens (including phenoxy) is 1. The number of hydrogen-bond acceptors (Lipinski definition) is 5. The molecule has 2 rings (SSSR count). The highest BCUT2D eigenvalue weighted by atomic mass is 16.5. The van der Waals surface area contributed by atoms with Gasteiger partial charge in [-0.05, 0) is 29.2 Å². The van der Waals surface area contributed by atoms with Crippen LogP contribution in [0.15, 0.2) is 41.0 Å². The summed E-state index contributed by atoms with van der Waals surface area (Å²) < 4.78 is 11.7. The first-order valence-electron chi connectivity index (χ1n) is 9.95. The fourth-order valence-electron chi connectivity index (χ4n) is 3.07. The van der Waals surface area contributed by atoms with Crippen LogP contribution in [0, 0.1) is 0 Å². The van der Waals surface area contributed by atoms with Crippen LogP contribution in [0.3, 0.4) is 0 Å². The van der Waals surface area contributed by atoms with E-state index in [1.807, 2.05) is 45.4 Å². The Bertz CT molecular complexity index is 857. The second kappa shape index (κ2) is 9.34. The Morgan fingerprint density at radius 2 is 1.80 bits per heavy atom. The summed E-state index contributed by atoms with van der Waals surface area (Å²) in [7, 11) is 5.78. The first-order valence-corrected chi connectivity index (χ1v) is 9.95.